The molecule has 0 aliphatic heterocycles. The van der Waals surface area contributed by atoms with E-state index < -0.39 is 0 Å². The molecule has 0 bridgehead atoms. The van der Waals surface area contributed by atoms with E-state index in [4.69, 9.17) is 0 Å². The standard InChI is InChI=1S/C12H20N2/c1-4-14(10-9-13-3)12-7-5-11(2)6-8-12/h5-8,13H,4,9-10H2,1-3H3. The topological polar surface area (TPSA) is 15.3 Å². The maximum Gasteiger partial charge on any atom is 0.0366 e. The molecular formula is C12H20N2. The lowest BCUT2D eigenvalue weighted by Gasteiger charge is -2.23. The van der Waals surface area contributed by atoms with Gasteiger partial charge < -0.3 is 10.2 Å². The van der Waals surface area contributed by atoms with Gasteiger partial charge in [-0.1, -0.05) is 17.7 Å². The first kappa shape index (κ1) is 11.1. The van der Waals surface area contributed by atoms with Crippen LogP contribution in [-0.4, -0.2) is 26.7 Å². The highest BCUT2D eigenvalue weighted by Crippen LogP contribution is 2.13. The zero-order valence-electron chi connectivity index (χ0n) is 9.38. The molecule has 0 atom stereocenters. The average Bonchev–Trinajstić information content (AvgIpc) is 2.21. The Hall–Kier alpha value is -1.02. The molecule has 14 heavy (non-hydrogen) atoms. The predicted octanol–water partition coefficient (Wildman–Crippen LogP) is 2.04. The molecule has 0 aliphatic rings. The zero-order chi connectivity index (χ0) is 10.4. The first-order valence-corrected chi connectivity index (χ1v) is 5.24. The van der Waals surface area contributed by atoms with Crippen molar-refractivity contribution in [3.8, 4) is 0 Å². The smallest absolute Gasteiger partial charge is 0.0366 e. The Morgan fingerprint density at radius 1 is 1.21 bits per heavy atom. The summed E-state index contributed by atoms with van der Waals surface area (Å²) in [7, 11) is 1.99. The van der Waals surface area contributed by atoms with Crippen LogP contribution in [0.1, 0.15) is 12.5 Å². The summed E-state index contributed by atoms with van der Waals surface area (Å²) >= 11 is 0. The van der Waals surface area contributed by atoms with E-state index >= 15 is 0 Å². The van der Waals surface area contributed by atoms with Crippen LogP contribution in [0.4, 0.5) is 5.69 Å². The van der Waals surface area contributed by atoms with E-state index in [-0.39, 0.29) is 0 Å². The lowest BCUT2D eigenvalue weighted by Crippen LogP contribution is -2.30. The molecular weight excluding hydrogens is 172 g/mol. The molecule has 78 valence electrons. The van der Waals surface area contributed by atoms with Crippen LogP contribution in [0.15, 0.2) is 24.3 Å². The monoisotopic (exact) mass is 192 g/mol. The van der Waals surface area contributed by atoms with Gasteiger partial charge in [0.1, 0.15) is 0 Å². The molecule has 1 rings (SSSR count). The van der Waals surface area contributed by atoms with Gasteiger partial charge in [-0.2, -0.15) is 0 Å². The fraction of sp³-hybridized carbons (Fsp3) is 0.500. The van der Waals surface area contributed by atoms with Crippen LogP contribution in [0.3, 0.4) is 0 Å². The molecule has 2 heteroatoms. The number of hydrogen-bond acceptors (Lipinski definition) is 2. The van der Waals surface area contributed by atoms with Crippen LogP contribution >= 0.6 is 0 Å². The van der Waals surface area contributed by atoms with Crippen molar-refractivity contribution in [3.63, 3.8) is 0 Å². The van der Waals surface area contributed by atoms with E-state index in [1.807, 2.05) is 7.05 Å². The summed E-state index contributed by atoms with van der Waals surface area (Å²) in [6.07, 6.45) is 0. The summed E-state index contributed by atoms with van der Waals surface area (Å²) in [6, 6.07) is 8.71. The third-order valence-electron chi connectivity index (χ3n) is 2.41. The molecule has 0 radical (unpaired) electrons. The van der Waals surface area contributed by atoms with E-state index in [1.54, 1.807) is 0 Å². The van der Waals surface area contributed by atoms with Gasteiger partial charge in [0.15, 0.2) is 0 Å². The SMILES string of the molecule is CCN(CCNC)c1ccc(C)cc1. The largest absolute Gasteiger partial charge is 0.371 e. The summed E-state index contributed by atoms with van der Waals surface area (Å²) in [5.74, 6) is 0. The van der Waals surface area contributed by atoms with Crippen LogP contribution in [0, 0.1) is 6.92 Å². The fourth-order valence-electron chi connectivity index (χ4n) is 1.47. The number of benzene rings is 1. The minimum absolute atomic E-state index is 1.03. The van der Waals surface area contributed by atoms with Crippen molar-refractivity contribution in [3.05, 3.63) is 29.8 Å². The normalized spacial score (nSPS) is 10.2. The van der Waals surface area contributed by atoms with Crippen molar-refractivity contribution < 1.29 is 0 Å². The molecule has 0 aliphatic carbocycles. The van der Waals surface area contributed by atoms with E-state index in [1.165, 1.54) is 11.3 Å². The average molecular weight is 192 g/mol. The number of rotatable bonds is 5. The first-order valence-electron chi connectivity index (χ1n) is 5.24. The van der Waals surface area contributed by atoms with Crippen LogP contribution in [0.2, 0.25) is 0 Å². The first-order chi connectivity index (χ1) is 6.77. The second kappa shape index (κ2) is 5.66. The van der Waals surface area contributed by atoms with Gasteiger partial charge in [0.2, 0.25) is 0 Å². The van der Waals surface area contributed by atoms with Crippen molar-refractivity contribution in [2.24, 2.45) is 0 Å². The number of nitrogens with one attached hydrogen (secondary N) is 1. The minimum Gasteiger partial charge on any atom is -0.371 e. The molecule has 0 amide bonds. The molecule has 1 aromatic rings. The molecule has 0 saturated carbocycles. The number of aryl methyl sites for hydroxylation is 1. The molecule has 1 aromatic carbocycles. The summed E-state index contributed by atoms with van der Waals surface area (Å²) in [4.78, 5) is 2.37. The Morgan fingerprint density at radius 3 is 2.36 bits per heavy atom. The van der Waals surface area contributed by atoms with Gasteiger partial charge in [0, 0.05) is 25.3 Å². The summed E-state index contributed by atoms with van der Waals surface area (Å²) < 4.78 is 0. The maximum atomic E-state index is 3.17. The number of anilines is 1. The fourth-order valence-corrected chi connectivity index (χ4v) is 1.47. The molecule has 0 unspecified atom stereocenters. The van der Waals surface area contributed by atoms with Crippen LogP contribution in [0.25, 0.3) is 0 Å². The summed E-state index contributed by atoms with van der Waals surface area (Å²) in [5, 5.41) is 3.17. The van der Waals surface area contributed by atoms with Crippen molar-refractivity contribution in [2.75, 3.05) is 31.6 Å². The molecule has 2 nitrogen and oxygen atoms in total. The highest BCUT2D eigenvalue weighted by atomic mass is 15.1. The van der Waals surface area contributed by atoms with Gasteiger partial charge in [-0.25, -0.2) is 0 Å². The Balaban J connectivity index is 2.64. The van der Waals surface area contributed by atoms with Crippen LogP contribution in [-0.2, 0) is 0 Å². The Labute approximate surface area is 86.9 Å². The third-order valence-corrected chi connectivity index (χ3v) is 2.41. The van der Waals surface area contributed by atoms with Crippen molar-refractivity contribution >= 4 is 5.69 Å². The van der Waals surface area contributed by atoms with Crippen LogP contribution < -0.4 is 10.2 Å². The summed E-state index contributed by atoms with van der Waals surface area (Å²) in [6.45, 7) is 7.46. The van der Waals surface area contributed by atoms with E-state index in [9.17, 15) is 0 Å². The van der Waals surface area contributed by atoms with Crippen molar-refractivity contribution in [1.29, 1.82) is 0 Å². The van der Waals surface area contributed by atoms with E-state index in [0.29, 0.717) is 0 Å². The minimum atomic E-state index is 1.03. The zero-order valence-corrected chi connectivity index (χ0v) is 9.38. The lowest BCUT2D eigenvalue weighted by atomic mass is 10.2. The molecule has 0 saturated heterocycles. The quantitative estimate of drug-likeness (QED) is 0.768. The number of nitrogens with zero attached hydrogens (tertiary/aromatic N) is 1. The molecule has 0 aromatic heterocycles. The van der Waals surface area contributed by atoms with Crippen molar-refractivity contribution in [1.82, 2.24) is 5.32 Å². The maximum absolute atomic E-state index is 3.17. The van der Waals surface area contributed by atoms with Crippen molar-refractivity contribution in [2.45, 2.75) is 13.8 Å². The third kappa shape index (κ3) is 3.04. The second-order valence-corrected chi connectivity index (χ2v) is 3.52. The van der Waals surface area contributed by atoms with Gasteiger partial charge in [-0.3, -0.25) is 0 Å². The number of hydrogen-bond donors (Lipinski definition) is 1. The number of likely N-dealkylation sites (N-methyl/N-ethyl adjacent to an activating group) is 2. The summed E-state index contributed by atoms with van der Waals surface area (Å²) in [5.41, 5.74) is 2.63. The molecule has 1 N–H and O–H groups in total. The van der Waals surface area contributed by atoms with E-state index in [0.717, 1.165) is 19.6 Å². The molecule has 0 fully saturated rings. The van der Waals surface area contributed by atoms with E-state index in [2.05, 4.69) is 48.3 Å². The lowest BCUT2D eigenvalue weighted by molar-refractivity contribution is 0.737. The highest BCUT2D eigenvalue weighted by molar-refractivity contribution is 5.47. The van der Waals surface area contributed by atoms with Gasteiger partial charge >= 0.3 is 0 Å². The van der Waals surface area contributed by atoms with Gasteiger partial charge in [-0.15, -0.1) is 0 Å². The molecule has 0 spiro atoms. The highest BCUT2D eigenvalue weighted by Gasteiger charge is 2.01. The predicted molar refractivity (Wildman–Crippen MR) is 63.0 cm³/mol. The Kier molecular flexibility index (Phi) is 4.47. The molecule has 0 heterocycles. The van der Waals surface area contributed by atoms with Crippen LogP contribution in [0.5, 0.6) is 0 Å². The van der Waals surface area contributed by atoms with Gasteiger partial charge in [0.25, 0.3) is 0 Å². The second-order valence-electron chi connectivity index (χ2n) is 3.52. The van der Waals surface area contributed by atoms with Gasteiger partial charge in [0.05, 0.1) is 0 Å². The Morgan fingerprint density at radius 2 is 1.86 bits per heavy atom. The van der Waals surface area contributed by atoms with Gasteiger partial charge in [-0.05, 0) is 33.0 Å². The Bertz CT molecular complexity index is 254.